The molecule has 3 aliphatic carbocycles. The Kier molecular flexibility index (Phi) is 1.47. The monoisotopic (exact) mass is 204 g/mol. The van der Waals surface area contributed by atoms with E-state index in [2.05, 4.69) is 53.7 Å². The summed E-state index contributed by atoms with van der Waals surface area (Å²) >= 11 is 0. The number of allylic oxidation sites excluding steroid dienone is 2. The summed E-state index contributed by atoms with van der Waals surface area (Å²) in [6.45, 7) is 14.7. The topological polar surface area (TPSA) is 0 Å². The van der Waals surface area contributed by atoms with Crippen LogP contribution in [0.25, 0.3) is 0 Å². The van der Waals surface area contributed by atoms with Crippen molar-refractivity contribution in [3.8, 4) is 0 Å². The third kappa shape index (κ3) is 0.946. The molecule has 0 radical (unpaired) electrons. The molecule has 3 rings (SSSR count). The lowest BCUT2D eigenvalue weighted by atomic mass is 9.50. The van der Waals surface area contributed by atoms with Gasteiger partial charge in [0, 0.05) is 0 Å². The van der Waals surface area contributed by atoms with E-state index in [9.17, 15) is 0 Å². The van der Waals surface area contributed by atoms with Gasteiger partial charge in [0.15, 0.2) is 0 Å². The van der Waals surface area contributed by atoms with Crippen LogP contribution in [0.15, 0.2) is 12.2 Å². The number of hydrogen-bond donors (Lipinski definition) is 0. The van der Waals surface area contributed by atoms with E-state index in [4.69, 9.17) is 0 Å². The first-order chi connectivity index (χ1) is 6.70. The molecule has 0 amide bonds. The predicted octanol–water partition coefficient (Wildman–Crippen LogP) is 4.13. The fourth-order valence-electron chi connectivity index (χ4n) is 4.89. The average molecular weight is 204 g/mol. The molecule has 0 nitrogen and oxygen atoms in total. The summed E-state index contributed by atoms with van der Waals surface area (Å²) in [6, 6.07) is 0. The Morgan fingerprint density at radius 2 is 0.933 bits per heavy atom. The Morgan fingerprint density at radius 1 is 0.600 bits per heavy atom. The molecule has 3 aliphatic rings. The molecule has 0 heterocycles. The van der Waals surface area contributed by atoms with Crippen molar-refractivity contribution in [2.45, 2.75) is 41.5 Å². The zero-order valence-electron chi connectivity index (χ0n) is 11.0. The molecule has 0 aliphatic heterocycles. The minimum Gasteiger partial charge on any atom is -0.0820 e. The van der Waals surface area contributed by atoms with E-state index in [-0.39, 0.29) is 0 Å². The molecule has 15 heavy (non-hydrogen) atoms. The molecule has 0 unspecified atom stereocenters. The van der Waals surface area contributed by atoms with E-state index in [0.717, 1.165) is 23.7 Å². The van der Waals surface area contributed by atoms with Crippen molar-refractivity contribution in [1.82, 2.24) is 0 Å². The van der Waals surface area contributed by atoms with Crippen LogP contribution < -0.4 is 0 Å². The van der Waals surface area contributed by atoms with Gasteiger partial charge in [-0.05, 0) is 39.9 Å². The second kappa shape index (κ2) is 2.21. The fourth-order valence-corrected chi connectivity index (χ4v) is 4.89. The van der Waals surface area contributed by atoms with Crippen molar-refractivity contribution in [3.63, 3.8) is 0 Å². The Labute approximate surface area is 94.1 Å². The summed E-state index contributed by atoms with van der Waals surface area (Å²) in [5.74, 6) is 3.92. The maximum Gasteiger partial charge on any atom is -0.0140 e. The van der Waals surface area contributed by atoms with Crippen LogP contribution in [0.4, 0.5) is 0 Å². The average Bonchev–Trinajstić information content (AvgIpc) is 2.38. The first-order valence-electron chi connectivity index (χ1n) is 6.40. The summed E-state index contributed by atoms with van der Waals surface area (Å²) in [6.07, 6.45) is 4.97. The van der Waals surface area contributed by atoms with E-state index in [1.807, 2.05) is 0 Å². The molecular weight excluding hydrogens is 180 g/mol. The van der Waals surface area contributed by atoms with Gasteiger partial charge >= 0.3 is 0 Å². The minimum atomic E-state index is 0.440. The van der Waals surface area contributed by atoms with Crippen molar-refractivity contribution in [2.75, 3.05) is 0 Å². The summed E-state index contributed by atoms with van der Waals surface area (Å²) in [5.41, 5.74) is 1.51. The Hall–Kier alpha value is -0.260. The number of rotatable bonds is 0. The molecule has 0 saturated heterocycles. The van der Waals surface area contributed by atoms with Crippen molar-refractivity contribution < 1.29 is 0 Å². The van der Waals surface area contributed by atoms with Gasteiger partial charge in [-0.1, -0.05) is 53.7 Å². The molecule has 2 fully saturated rings. The van der Waals surface area contributed by atoms with Crippen LogP contribution in [0.5, 0.6) is 0 Å². The Bertz CT molecular complexity index is 311. The highest BCUT2D eigenvalue weighted by molar-refractivity contribution is 5.31. The largest absolute Gasteiger partial charge is 0.0820 e. The van der Waals surface area contributed by atoms with E-state index in [1.54, 1.807) is 0 Å². The second-order valence-corrected chi connectivity index (χ2v) is 7.90. The third-order valence-electron chi connectivity index (χ3n) is 5.82. The standard InChI is InChI=1S/C15H24/c1-13(2)7-8-14(3,4)10-9(13)11-12(10)15(11,5)6/h7-12H,1-6H3/t9-,10-,11-,12+/m0/s1. The fraction of sp³-hybridized carbons (Fsp3) is 0.867. The lowest BCUT2D eigenvalue weighted by molar-refractivity contribution is -0.0188. The molecule has 0 atom stereocenters. The van der Waals surface area contributed by atoms with E-state index in [1.165, 1.54) is 0 Å². The van der Waals surface area contributed by atoms with Gasteiger partial charge < -0.3 is 0 Å². The van der Waals surface area contributed by atoms with Gasteiger partial charge in [-0.15, -0.1) is 0 Å². The molecular formula is C15H24. The van der Waals surface area contributed by atoms with Gasteiger partial charge in [0.25, 0.3) is 0 Å². The number of fused-ring (bicyclic) bond motifs is 4. The van der Waals surface area contributed by atoms with E-state index in [0.29, 0.717) is 16.2 Å². The minimum absolute atomic E-state index is 0.440. The van der Waals surface area contributed by atoms with Gasteiger partial charge in [0.1, 0.15) is 0 Å². The van der Waals surface area contributed by atoms with Gasteiger partial charge in [-0.3, -0.25) is 0 Å². The molecule has 0 N–H and O–H groups in total. The van der Waals surface area contributed by atoms with Gasteiger partial charge in [-0.2, -0.15) is 0 Å². The first-order valence-corrected chi connectivity index (χ1v) is 6.40. The molecule has 84 valence electrons. The maximum atomic E-state index is 2.48. The van der Waals surface area contributed by atoms with E-state index >= 15 is 0 Å². The lowest BCUT2D eigenvalue weighted by Crippen LogP contribution is -2.49. The smallest absolute Gasteiger partial charge is 0.0140 e. The SMILES string of the molecule is CC1(C)C=CC(C)(C)[C@H]2[C@H]1[C@@H]1[C@H]2C1(C)C. The zero-order valence-corrected chi connectivity index (χ0v) is 11.0. The molecule has 2 saturated carbocycles. The Balaban J connectivity index is 2.03. The van der Waals surface area contributed by atoms with Crippen molar-refractivity contribution in [3.05, 3.63) is 12.2 Å². The highest BCUT2D eigenvalue weighted by Gasteiger charge is 2.78. The normalized spacial score (nSPS) is 51.3. The van der Waals surface area contributed by atoms with Crippen molar-refractivity contribution in [2.24, 2.45) is 39.9 Å². The van der Waals surface area contributed by atoms with Crippen LogP contribution in [-0.4, -0.2) is 0 Å². The van der Waals surface area contributed by atoms with Crippen LogP contribution in [0.3, 0.4) is 0 Å². The lowest BCUT2D eigenvalue weighted by Gasteiger charge is -2.54. The molecule has 0 spiro atoms. The van der Waals surface area contributed by atoms with Crippen molar-refractivity contribution >= 4 is 0 Å². The Morgan fingerprint density at radius 3 is 1.27 bits per heavy atom. The molecule has 0 aromatic rings. The van der Waals surface area contributed by atoms with Gasteiger partial charge in [0.05, 0.1) is 0 Å². The molecule has 0 heteroatoms. The predicted molar refractivity (Wildman–Crippen MR) is 64.4 cm³/mol. The quantitative estimate of drug-likeness (QED) is 0.521. The maximum absolute atomic E-state index is 2.48. The van der Waals surface area contributed by atoms with Crippen molar-refractivity contribution in [1.29, 1.82) is 0 Å². The summed E-state index contributed by atoms with van der Waals surface area (Å²) in [7, 11) is 0. The van der Waals surface area contributed by atoms with Gasteiger partial charge in [0.2, 0.25) is 0 Å². The molecule has 0 aromatic carbocycles. The summed E-state index contributed by atoms with van der Waals surface area (Å²) < 4.78 is 0. The van der Waals surface area contributed by atoms with E-state index < -0.39 is 0 Å². The first kappa shape index (κ1) is 9.93. The third-order valence-corrected chi connectivity index (χ3v) is 5.82. The zero-order chi connectivity index (χ0) is 11.2. The van der Waals surface area contributed by atoms with Crippen LogP contribution in [0.2, 0.25) is 0 Å². The van der Waals surface area contributed by atoms with Gasteiger partial charge in [-0.25, -0.2) is 0 Å². The highest BCUT2D eigenvalue weighted by atomic mass is 14.8. The van der Waals surface area contributed by atoms with Crippen LogP contribution >= 0.6 is 0 Å². The summed E-state index contributed by atoms with van der Waals surface area (Å²) in [4.78, 5) is 0. The van der Waals surface area contributed by atoms with Crippen LogP contribution in [0, 0.1) is 39.9 Å². The summed E-state index contributed by atoms with van der Waals surface area (Å²) in [5, 5.41) is 0. The number of hydrogen-bond acceptors (Lipinski definition) is 0. The second-order valence-electron chi connectivity index (χ2n) is 7.90. The van der Waals surface area contributed by atoms with Crippen LogP contribution in [-0.2, 0) is 0 Å². The molecule has 0 bridgehead atoms. The molecule has 0 aromatic heterocycles. The van der Waals surface area contributed by atoms with Crippen LogP contribution in [0.1, 0.15) is 41.5 Å². The highest BCUT2D eigenvalue weighted by Crippen LogP contribution is 2.82.